The zero-order valence-corrected chi connectivity index (χ0v) is 12.5. The molecule has 0 fully saturated rings. The number of hydrogen-bond donors (Lipinski definition) is 0. The smallest absolute Gasteiger partial charge is 0.171 e. The number of aromatic nitrogens is 2. The van der Waals surface area contributed by atoms with Crippen LogP contribution in [0.25, 0.3) is 21.6 Å². The Kier molecular flexibility index (Phi) is 3.16. The lowest BCUT2D eigenvalue weighted by atomic mass is 10.2. The molecule has 0 saturated heterocycles. The van der Waals surface area contributed by atoms with Crippen LogP contribution < -0.4 is 0 Å². The van der Waals surface area contributed by atoms with Crippen LogP contribution in [0.1, 0.15) is 16.6 Å². The van der Waals surface area contributed by atoms with Crippen LogP contribution in [0, 0.1) is 0 Å². The Morgan fingerprint density at radius 1 is 1.32 bits per heavy atom. The van der Waals surface area contributed by atoms with Crippen molar-refractivity contribution in [1.82, 2.24) is 9.97 Å². The van der Waals surface area contributed by atoms with E-state index in [0.29, 0.717) is 4.88 Å². The van der Waals surface area contributed by atoms with Gasteiger partial charge >= 0.3 is 0 Å². The van der Waals surface area contributed by atoms with Crippen LogP contribution in [0.15, 0.2) is 41.0 Å². The van der Waals surface area contributed by atoms with Crippen LogP contribution in [-0.4, -0.2) is 15.8 Å². The van der Waals surface area contributed by atoms with Crippen LogP contribution in [0.5, 0.6) is 0 Å². The third-order valence-corrected chi connectivity index (χ3v) is 4.44. The number of carbonyl (C=O) groups is 1. The number of rotatable bonds is 2. The summed E-state index contributed by atoms with van der Waals surface area (Å²) in [5.41, 5.74) is 1.69. The van der Waals surface area contributed by atoms with E-state index in [4.69, 9.17) is 0 Å². The lowest BCUT2D eigenvalue weighted by molar-refractivity contribution is 0.102. The molecule has 0 atom stereocenters. The SMILES string of the molecule is CC(=O)c1cnc(-c2nc3ccccc3cc2Br)s1. The van der Waals surface area contributed by atoms with E-state index >= 15 is 0 Å². The van der Waals surface area contributed by atoms with Gasteiger partial charge in [0, 0.05) is 23.0 Å². The Bertz CT molecular complexity index is 782. The molecule has 0 amide bonds. The molecule has 5 heteroatoms. The van der Waals surface area contributed by atoms with Crippen molar-refractivity contribution in [2.45, 2.75) is 6.92 Å². The highest BCUT2D eigenvalue weighted by atomic mass is 79.9. The summed E-state index contributed by atoms with van der Waals surface area (Å²) >= 11 is 4.88. The van der Waals surface area contributed by atoms with Gasteiger partial charge in [-0.25, -0.2) is 9.97 Å². The molecular formula is C14H9BrN2OS. The highest BCUT2D eigenvalue weighted by Crippen LogP contribution is 2.32. The van der Waals surface area contributed by atoms with Crippen molar-refractivity contribution in [3.05, 3.63) is 45.9 Å². The molecule has 3 rings (SSSR count). The fourth-order valence-electron chi connectivity index (χ4n) is 1.79. The Hall–Kier alpha value is -1.59. The Balaban J connectivity index is 2.18. The van der Waals surface area contributed by atoms with E-state index in [1.807, 2.05) is 30.3 Å². The van der Waals surface area contributed by atoms with Gasteiger partial charge in [-0.3, -0.25) is 4.79 Å². The third kappa shape index (κ3) is 2.31. The molecule has 1 aromatic carbocycles. The second-order valence-electron chi connectivity index (χ2n) is 4.10. The van der Waals surface area contributed by atoms with Gasteiger partial charge in [0.15, 0.2) is 5.78 Å². The first-order chi connectivity index (χ1) is 9.15. The summed E-state index contributed by atoms with van der Waals surface area (Å²) < 4.78 is 0.885. The van der Waals surface area contributed by atoms with Crippen LogP contribution in [0.2, 0.25) is 0 Å². The molecule has 2 heterocycles. The van der Waals surface area contributed by atoms with E-state index in [1.54, 1.807) is 13.1 Å². The van der Waals surface area contributed by atoms with Crippen molar-refractivity contribution in [1.29, 1.82) is 0 Å². The van der Waals surface area contributed by atoms with E-state index in [9.17, 15) is 4.79 Å². The van der Waals surface area contributed by atoms with Crippen LogP contribution >= 0.6 is 27.3 Å². The van der Waals surface area contributed by atoms with Crippen molar-refractivity contribution >= 4 is 44.0 Å². The van der Waals surface area contributed by atoms with Crippen LogP contribution in [0.4, 0.5) is 0 Å². The standard InChI is InChI=1S/C14H9BrN2OS/c1-8(18)12-7-16-14(19-12)13-10(15)6-9-4-2-3-5-11(9)17-13/h2-7H,1H3. The average molecular weight is 333 g/mol. The number of hydrogen-bond acceptors (Lipinski definition) is 4. The van der Waals surface area contributed by atoms with Gasteiger partial charge in [0.05, 0.1) is 10.4 Å². The first-order valence-electron chi connectivity index (χ1n) is 5.67. The molecule has 0 aliphatic carbocycles. The summed E-state index contributed by atoms with van der Waals surface area (Å²) in [6.45, 7) is 1.54. The summed E-state index contributed by atoms with van der Waals surface area (Å²) in [7, 11) is 0. The number of pyridine rings is 1. The summed E-state index contributed by atoms with van der Waals surface area (Å²) in [4.78, 5) is 20.9. The average Bonchev–Trinajstić information content (AvgIpc) is 2.87. The highest BCUT2D eigenvalue weighted by molar-refractivity contribution is 9.10. The second-order valence-corrected chi connectivity index (χ2v) is 5.98. The number of thiazole rings is 1. The van der Waals surface area contributed by atoms with Gasteiger partial charge in [-0.05, 0) is 28.1 Å². The van der Waals surface area contributed by atoms with Gasteiger partial charge in [0.25, 0.3) is 0 Å². The maximum Gasteiger partial charge on any atom is 0.171 e. The van der Waals surface area contributed by atoms with Crippen molar-refractivity contribution in [2.75, 3.05) is 0 Å². The molecule has 2 aromatic heterocycles. The van der Waals surface area contributed by atoms with E-state index in [2.05, 4.69) is 25.9 Å². The van der Waals surface area contributed by atoms with Gasteiger partial charge < -0.3 is 0 Å². The van der Waals surface area contributed by atoms with E-state index < -0.39 is 0 Å². The predicted molar refractivity (Wildman–Crippen MR) is 80.6 cm³/mol. The van der Waals surface area contributed by atoms with Crippen molar-refractivity contribution in [2.24, 2.45) is 0 Å². The van der Waals surface area contributed by atoms with E-state index in [-0.39, 0.29) is 5.78 Å². The molecule has 94 valence electrons. The molecule has 0 saturated carbocycles. The summed E-state index contributed by atoms with van der Waals surface area (Å²) in [6, 6.07) is 9.93. The molecule has 0 bridgehead atoms. The highest BCUT2D eigenvalue weighted by Gasteiger charge is 2.13. The van der Waals surface area contributed by atoms with Gasteiger partial charge in [-0.2, -0.15) is 0 Å². The number of para-hydroxylation sites is 1. The number of nitrogens with zero attached hydrogens (tertiary/aromatic N) is 2. The maximum atomic E-state index is 11.3. The van der Waals surface area contributed by atoms with Gasteiger partial charge in [-0.1, -0.05) is 18.2 Å². The van der Waals surface area contributed by atoms with Crippen LogP contribution in [-0.2, 0) is 0 Å². The van der Waals surface area contributed by atoms with Crippen molar-refractivity contribution in [3.63, 3.8) is 0 Å². The quantitative estimate of drug-likeness (QED) is 0.656. The summed E-state index contributed by atoms with van der Waals surface area (Å²) in [6.07, 6.45) is 1.60. The number of fused-ring (bicyclic) bond motifs is 1. The largest absolute Gasteiger partial charge is 0.294 e. The summed E-state index contributed by atoms with van der Waals surface area (Å²) in [5, 5.41) is 1.82. The monoisotopic (exact) mass is 332 g/mol. The van der Waals surface area contributed by atoms with Crippen molar-refractivity contribution in [3.8, 4) is 10.7 Å². The first-order valence-corrected chi connectivity index (χ1v) is 7.28. The third-order valence-electron chi connectivity index (χ3n) is 2.73. The van der Waals surface area contributed by atoms with Crippen molar-refractivity contribution < 1.29 is 4.79 Å². The minimum atomic E-state index is 0.0284. The predicted octanol–water partition coefficient (Wildman–Crippen LogP) is 4.32. The van der Waals surface area contributed by atoms with Gasteiger partial charge in [-0.15, -0.1) is 11.3 Å². The zero-order valence-electron chi connectivity index (χ0n) is 10.1. The molecular weight excluding hydrogens is 324 g/mol. The number of halogens is 1. The first kappa shape index (κ1) is 12.4. The molecule has 0 spiro atoms. The molecule has 0 aliphatic rings. The normalized spacial score (nSPS) is 10.8. The molecule has 3 aromatic rings. The Morgan fingerprint density at radius 3 is 2.84 bits per heavy atom. The number of ketones is 1. The van der Waals surface area contributed by atoms with Gasteiger partial charge in [0.2, 0.25) is 0 Å². The topological polar surface area (TPSA) is 42.9 Å². The molecule has 0 aliphatic heterocycles. The zero-order chi connectivity index (χ0) is 13.4. The molecule has 0 N–H and O–H groups in total. The molecule has 0 unspecified atom stereocenters. The lowest BCUT2D eigenvalue weighted by Crippen LogP contribution is -1.86. The fraction of sp³-hybridized carbons (Fsp3) is 0.0714. The maximum absolute atomic E-state index is 11.3. The lowest BCUT2D eigenvalue weighted by Gasteiger charge is -2.03. The summed E-state index contributed by atoms with van der Waals surface area (Å²) in [5.74, 6) is 0.0284. The van der Waals surface area contributed by atoms with Gasteiger partial charge in [0.1, 0.15) is 10.7 Å². The van der Waals surface area contributed by atoms with E-state index in [1.165, 1.54) is 11.3 Å². The Morgan fingerprint density at radius 2 is 2.11 bits per heavy atom. The number of Topliss-reactive ketones (excluding diaryl/α,β-unsaturated/α-hetero) is 1. The minimum Gasteiger partial charge on any atom is -0.294 e. The van der Waals surface area contributed by atoms with Crippen LogP contribution in [0.3, 0.4) is 0 Å². The van der Waals surface area contributed by atoms with E-state index in [0.717, 1.165) is 26.1 Å². The Labute approximate surface area is 122 Å². The molecule has 19 heavy (non-hydrogen) atoms. The fourth-order valence-corrected chi connectivity index (χ4v) is 3.26. The molecule has 0 radical (unpaired) electrons. The minimum absolute atomic E-state index is 0.0284. The number of benzene rings is 1. The second kappa shape index (κ2) is 4.83. The molecule has 3 nitrogen and oxygen atoms in total. The number of carbonyl (C=O) groups excluding carboxylic acids is 1.